The second-order valence-electron chi connectivity index (χ2n) is 29.9. The van der Waals surface area contributed by atoms with Crippen LogP contribution in [0.5, 0.6) is 0 Å². The minimum absolute atomic E-state index is 0.0796. The molecule has 3 N–H and O–H groups in total. The molecule has 3 unspecified atom stereocenters. The van der Waals surface area contributed by atoms with Crippen LogP contribution in [0.4, 0.5) is 0 Å². The fraction of sp³-hybridized carbons (Fsp3) is 0.988. The number of nitrogens with one attached hydrogen (secondary N) is 1. The highest BCUT2D eigenvalue weighted by molar-refractivity contribution is 7.47. The Morgan fingerprint density at radius 3 is 0.753 bits per heavy atom. The third-order valence-electron chi connectivity index (χ3n) is 19.6. The molecule has 0 saturated carbocycles. The first-order chi connectivity index (χ1) is 43.5. The van der Waals surface area contributed by atoms with E-state index in [1.807, 2.05) is 21.1 Å². The number of phosphoric acid groups is 1. The summed E-state index contributed by atoms with van der Waals surface area (Å²) in [6, 6.07) is -0.758. The van der Waals surface area contributed by atoms with Gasteiger partial charge in [0.1, 0.15) is 13.2 Å². The molecule has 0 aromatic heterocycles. The summed E-state index contributed by atoms with van der Waals surface area (Å²) < 4.78 is 24.0. The Morgan fingerprint density at radius 1 is 0.337 bits per heavy atom. The first-order valence-corrected chi connectivity index (χ1v) is 42.4. The number of aliphatic hydroxyl groups is 1. The van der Waals surface area contributed by atoms with Gasteiger partial charge in [0.05, 0.1) is 39.9 Å². The van der Waals surface area contributed by atoms with Gasteiger partial charge in [-0.3, -0.25) is 13.8 Å². The van der Waals surface area contributed by atoms with Crippen molar-refractivity contribution < 1.29 is 32.9 Å². The number of quaternary nitrogens is 1. The van der Waals surface area contributed by atoms with Gasteiger partial charge in [0.25, 0.3) is 0 Å². The highest BCUT2D eigenvalue weighted by atomic mass is 31.2. The van der Waals surface area contributed by atoms with Crippen LogP contribution in [0, 0.1) is 0 Å². The number of hydrogen-bond donors (Lipinski definition) is 3. The van der Waals surface area contributed by atoms with Crippen molar-refractivity contribution in [3.63, 3.8) is 0 Å². The Bertz CT molecular complexity index is 1410. The number of likely N-dealkylation sites (N-methyl/N-ethyl adjacent to an activating group) is 1. The van der Waals surface area contributed by atoms with Crippen LogP contribution in [0.2, 0.25) is 0 Å². The maximum absolute atomic E-state index is 13.1. The molecule has 0 saturated heterocycles. The molecule has 0 aliphatic heterocycles. The minimum Gasteiger partial charge on any atom is -0.391 e. The van der Waals surface area contributed by atoms with Gasteiger partial charge in [-0.2, -0.15) is 0 Å². The Labute approximate surface area is 559 Å². The normalized spacial score (nSPS) is 13.4. The van der Waals surface area contributed by atoms with E-state index in [0.29, 0.717) is 23.9 Å². The van der Waals surface area contributed by atoms with Crippen molar-refractivity contribution in [1.29, 1.82) is 0 Å². The Balaban J connectivity index is 3.86. The number of phosphoric ester groups is 1. The number of rotatable bonds is 78. The summed E-state index contributed by atoms with van der Waals surface area (Å²) in [6.07, 6.45) is 92.7. The minimum atomic E-state index is -4.33. The zero-order chi connectivity index (χ0) is 64.8. The number of hydrogen-bond acceptors (Lipinski definition) is 5. The number of unbranched alkanes of at least 4 members (excludes halogenated alkanes) is 65. The zero-order valence-electron chi connectivity index (χ0n) is 61.5. The highest BCUT2D eigenvalue weighted by Gasteiger charge is 2.28. The smallest absolute Gasteiger partial charge is 0.391 e. The van der Waals surface area contributed by atoms with Crippen LogP contribution in [-0.4, -0.2) is 73.4 Å². The van der Waals surface area contributed by atoms with Gasteiger partial charge in [0.15, 0.2) is 0 Å². The summed E-state index contributed by atoms with van der Waals surface area (Å²) >= 11 is 0. The third kappa shape index (κ3) is 74.8. The van der Waals surface area contributed by atoms with Crippen molar-refractivity contribution in [3.05, 3.63) is 0 Å². The monoisotopic (exact) mass is 1280 g/mol. The molecule has 0 spiro atoms. The van der Waals surface area contributed by atoms with Crippen molar-refractivity contribution in [3.8, 4) is 0 Å². The second-order valence-corrected chi connectivity index (χ2v) is 31.3. The number of carbonyl (C=O) groups is 1. The second kappa shape index (κ2) is 71.8. The van der Waals surface area contributed by atoms with Gasteiger partial charge in [0.2, 0.25) is 5.91 Å². The molecule has 0 rings (SSSR count). The largest absolute Gasteiger partial charge is 0.472 e. The molecule has 1 amide bonds. The van der Waals surface area contributed by atoms with Crippen molar-refractivity contribution in [2.24, 2.45) is 0 Å². The lowest BCUT2D eigenvalue weighted by Crippen LogP contribution is -2.46. The van der Waals surface area contributed by atoms with Crippen LogP contribution in [-0.2, 0) is 18.4 Å². The molecule has 0 fully saturated rings. The van der Waals surface area contributed by atoms with Gasteiger partial charge in [-0.1, -0.05) is 438 Å². The maximum atomic E-state index is 13.1. The summed E-state index contributed by atoms with van der Waals surface area (Å²) in [5.74, 6) is -0.131. The van der Waals surface area contributed by atoms with E-state index >= 15 is 0 Å². The van der Waals surface area contributed by atoms with Crippen molar-refractivity contribution in [2.45, 2.75) is 469 Å². The van der Waals surface area contributed by atoms with Gasteiger partial charge in [0, 0.05) is 6.42 Å². The summed E-state index contributed by atoms with van der Waals surface area (Å²) in [6.45, 7) is 4.98. The van der Waals surface area contributed by atoms with E-state index in [4.69, 9.17) is 9.05 Å². The van der Waals surface area contributed by atoms with Crippen molar-refractivity contribution >= 4 is 13.7 Å². The topological polar surface area (TPSA) is 105 Å². The first kappa shape index (κ1) is 88.5. The van der Waals surface area contributed by atoms with Crippen LogP contribution in [0.1, 0.15) is 457 Å². The maximum Gasteiger partial charge on any atom is 0.472 e. The summed E-state index contributed by atoms with van der Waals surface area (Å²) in [7, 11) is 1.65. The van der Waals surface area contributed by atoms with Gasteiger partial charge in [-0.05, 0) is 12.8 Å². The highest BCUT2D eigenvalue weighted by Crippen LogP contribution is 2.43. The molecule has 0 aromatic carbocycles. The lowest BCUT2D eigenvalue weighted by atomic mass is 10.0. The van der Waals surface area contributed by atoms with E-state index in [2.05, 4.69) is 19.2 Å². The van der Waals surface area contributed by atoms with Gasteiger partial charge in [-0.25, -0.2) is 4.57 Å². The van der Waals surface area contributed by atoms with Crippen molar-refractivity contribution in [1.82, 2.24) is 5.32 Å². The molecular formula is C80H164N2O6P+. The Kier molecular flexibility index (Phi) is 71.4. The molecule has 0 heterocycles. The molecule has 8 nitrogen and oxygen atoms in total. The number of nitrogens with zero attached hydrogens (tertiary/aromatic N) is 1. The lowest BCUT2D eigenvalue weighted by Gasteiger charge is -2.26. The molecule has 0 bridgehead atoms. The number of carbonyl (C=O) groups excluding carboxylic acids is 1. The summed E-state index contributed by atoms with van der Waals surface area (Å²) in [5.41, 5.74) is 0. The molecule has 0 aromatic rings. The van der Waals surface area contributed by atoms with E-state index in [9.17, 15) is 19.4 Å². The van der Waals surface area contributed by atoms with Crippen LogP contribution < -0.4 is 5.32 Å². The average Bonchev–Trinajstić information content (AvgIpc) is 3.55. The SMILES string of the molecule is CCCCCCCCCCCCCCCCCCCCCCCCCCCCCCCCCCCCCCCCCC(=O)NC(COP(=O)(O)OCC[N+](C)(C)C)C(O)CCCCCCCCCCCCCCCCCCCCCCCCCCCCCC. The Hall–Kier alpha value is -0.500. The van der Waals surface area contributed by atoms with Gasteiger partial charge in [-0.15, -0.1) is 0 Å². The predicted octanol–water partition coefficient (Wildman–Crippen LogP) is 26.6. The van der Waals surface area contributed by atoms with Crippen LogP contribution in [0.3, 0.4) is 0 Å². The van der Waals surface area contributed by atoms with Gasteiger partial charge < -0.3 is 19.8 Å². The van der Waals surface area contributed by atoms with E-state index in [0.717, 1.165) is 38.5 Å². The van der Waals surface area contributed by atoms with Crippen LogP contribution in [0.15, 0.2) is 0 Å². The Morgan fingerprint density at radius 2 is 0.539 bits per heavy atom. The van der Waals surface area contributed by atoms with Crippen molar-refractivity contribution in [2.75, 3.05) is 40.9 Å². The van der Waals surface area contributed by atoms with Gasteiger partial charge >= 0.3 is 7.82 Å². The van der Waals surface area contributed by atoms with E-state index < -0.39 is 20.0 Å². The van der Waals surface area contributed by atoms with E-state index in [-0.39, 0.29) is 19.1 Å². The van der Waals surface area contributed by atoms with E-state index in [1.165, 1.54) is 392 Å². The predicted molar refractivity (Wildman–Crippen MR) is 392 cm³/mol. The quantitative estimate of drug-likeness (QED) is 0.0318. The molecule has 9 heteroatoms. The zero-order valence-corrected chi connectivity index (χ0v) is 62.4. The van der Waals surface area contributed by atoms with Crippen LogP contribution in [0.25, 0.3) is 0 Å². The summed E-state index contributed by atoms with van der Waals surface area (Å²) in [4.78, 5) is 23.5. The molecule has 0 radical (unpaired) electrons. The molecule has 89 heavy (non-hydrogen) atoms. The summed E-state index contributed by atoms with van der Waals surface area (Å²) in [5, 5.41) is 14.2. The number of amides is 1. The molecule has 0 aliphatic rings. The van der Waals surface area contributed by atoms with Crippen LogP contribution >= 0.6 is 7.82 Å². The van der Waals surface area contributed by atoms with E-state index in [1.54, 1.807) is 0 Å². The molecule has 3 atom stereocenters. The first-order valence-electron chi connectivity index (χ1n) is 40.9. The number of aliphatic hydroxyl groups excluding tert-OH is 1. The average molecular weight is 1280 g/mol. The lowest BCUT2D eigenvalue weighted by molar-refractivity contribution is -0.870. The molecule has 534 valence electrons. The molecular weight excluding hydrogens is 1120 g/mol. The molecule has 0 aliphatic carbocycles. The standard InChI is InChI=1S/C80H163N2O6P/c1-6-8-10-12-14-16-18-20-22-24-26-28-30-32-34-36-37-38-39-40-41-42-43-44-45-46-48-50-52-54-56-58-60-62-64-66-68-70-72-74-80(84)81-78(77-88-89(85,86)87-76-75-82(3,4)5)79(83)73-71-69-67-65-63-61-59-57-55-53-51-49-47-35-33-31-29-27-25-23-21-19-17-15-13-11-9-7-2/h78-79,83H,6-77H2,1-5H3,(H-,81,84,85,86)/p+1. The fourth-order valence-corrected chi connectivity index (χ4v) is 14.0. The third-order valence-corrected chi connectivity index (χ3v) is 20.6. The fourth-order valence-electron chi connectivity index (χ4n) is 13.3.